The van der Waals surface area contributed by atoms with Gasteiger partial charge in [0.05, 0.1) is 17.0 Å². The predicted octanol–water partition coefficient (Wildman–Crippen LogP) is 6.94. The van der Waals surface area contributed by atoms with Gasteiger partial charge in [0.2, 0.25) is 10.0 Å². The van der Waals surface area contributed by atoms with Crippen LogP contribution >= 0.6 is 11.3 Å². The van der Waals surface area contributed by atoms with Crippen LogP contribution in [0.1, 0.15) is 54.3 Å². The molecule has 1 aliphatic carbocycles. The summed E-state index contributed by atoms with van der Waals surface area (Å²) in [5, 5.41) is 10.6. The van der Waals surface area contributed by atoms with Gasteiger partial charge in [-0.25, -0.2) is 13.1 Å². The van der Waals surface area contributed by atoms with Crippen molar-refractivity contribution in [3.05, 3.63) is 95.0 Å². The summed E-state index contributed by atoms with van der Waals surface area (Å²) in [7, 11) is -3.58. The number of sulfonamides is 1. The molecule has 2 unspecified atom stereocenters. The number of pyridine rings is 1. The van der Waals surface area contributed by atoms with Gasteiger partial charge in [-0.2, -0.15) is 13.2 Å². The Morgan fingerprint density at radius 2 is 1.85 bits per heavy atom. The van der Waals surface area contributed by atoms with Crippen LogP contribution in [0.25, 0.3) is 26.9 Å². The number of nitrogens with one attached hydrogen (secondary N) is 1. The van der Waals surface area contributed by atoms with Gasteiger partial charge in [-0.3, -0.25) is 4.98 Å². The summed E-state index contributed by atoms with van der Waals surface area (Å²) >= 11 is 1.35. The summed E-state index contributed by atoms with van der Waals surface area (Å²) in [5.41, 5.74) is -0.113. The molecule has 2 N–H and O–H groups in total. The lowest BCUT2D eigenvalue weighted by Gasteiger charge is -2.26. The molecule has 1 fully saturated rings. The first-order valence-corrected chi connectivity index (χ1v) is 14.7. The van der Waals surface area contributed by atoms with Gasteiger partial charge in [0.25, 0.3) is 0 Å². The highest BCUT2D eigenvalue weighted by atomic mass is 32.2. The van der Waals surface area contributed by atoms with Crippen molar-refractivity contribution < 1.29 is 26.7 Å². The molecule has 10 heteroatoms. The number of allylic oxidation sites excluding steroid dienone is 1. The number of nitrogens with zero attached hydrogens (tertiary/aromatic N) is 1. The highest BCUT2D eigenvalue weighted by molar-refractivity contribution is 7.90. The van der Waals surface area contributed by atoms with E-state index in [4.69, 9.17) is 0 Å². The molecule has 0 saturated heterocycles. The quantitative estimate of drug-likeness (QED) is 0.240. The first-order chi connectivity index (χ1) is 18.3. The number of hydrogen-bond acceptors (Lipinski definition) is 5. The molecule has 0 bridgehead atoms. The number of hydrogen-bond donors (Lipinski definition) is 2. The van der Waals surface area contributed by atoms with E-state index in [9.17, 15) is 26.7 Å². The smallest absolute Gasteiger partial charge is 0.376 e. The zero-order chi connectivity index (χ0) is 28.2. The van der Waals surface area contributed by atoms with Gasteiger partial charge in [0.1, 0.15) is 0 Å². The van der Waals surface area contributed by atoms with E-state index in [1.54, 1.807) is 12.1 Å². The second kappa shape index (κ2) is 9.85. The fraction of sp³-hybridized carbons (Fsp3) is 0.276. The molecule has 2 atom stereocenters. The minimum Gasteiger partial charge on any atom is -0.376 e. The molecule has 2 aromatic heterocycles. The summed E-state index contributed by atoms with van der Waals surface area (Å²) in [6.07, 6.45) is -2.39. The van der Waals surface area contributed by atoms with Crippen molar-refractivity contribution in [2.45, 2.75) is 49.8 Å². The van der Waals surface area contributed by atoms with E-state index in [0.29, 0.717) is 25.3 Å². The van der Waals surface area contributed by atoms with E-state index in [1.165, 1.54) is 23.6 Å². The lowest BCUT2D eigenvalue weighted by atomic mass is 9.94. The van der Waals surface area contributed by atoms with Gasteiger partial charge in [-0.05, 0) is 67.0 Å². The Kier molecular flexibility index (Phi) is 6.95. The number of fused-ring (bicyclic) bond motifs is 1. The van der Waals surface area contributed by atoms with Crippen LogP contribution in [0, 0.1) is 0 Å². The summed E-state index contributed by atoms with van der Waals surface area (Å²) in [5.74, 6) is 0. The normalized spacial score (nSPS) is 16.7. The molecule has 2 heterocycles. The van der Waals surface area contributed by atoms with Crippen molar-refractivity contribution in [1.82, 2.24) is 9.71 Å². The Morgan fingerprint density at radius 1 is 1.13 bits per heavy atom. The molecular weight excluding hydrogens is 545 g/mol. The molecule has 1 aliphatic rings. The first kappa shape index (κ1) is 27.5. The zero-order valence-electron chi connectivity index (χ0n) is 21.3. The van der Waals surface area contributed by atoms with E-state index in [0.717, 1.165) is 37.7 Å². The van der Waals surface area contributed by atoms with E-state index >= 15 is 0 Å². The Hall–Kier alpha value is -3.05. The molecule has 0 amide bonds. The molecule has 5 rings (SSSR count). The molecule has 5 nitrogen and oxygen atoms in total. The number of alkyl halides is 3. The van der Waals surface area contributed by atoms with Crippen LogP contribution in [0.3, 0.4) is 0 Å². The minimum absolute atomic E-state index is 0.272. The van der Waals surface area contributed by atoms with E-state index in [2.05, 4.69) is 16.3 Å². The Morgan fingerprint density at radius 3 is 2.51 bits per heavy atom. The van der Waals surface area contributed by atoms with Gasteiger partial charge >= 0.3 is 6.18 Å². The number of aromatic nitrogens is 1. The highest BCUT2D eigenvalue weighted by Gasteiger charge is 2.51. The van der Waals surface area contributed by atoms with Crippen LogP contribution in [-0.2, 0) is 15.6 Å². The maximum Gasteiger partial charge on any atom is 0.421 e. The predicted molar refractivity (Wildman–Crippen MR) is 149 cm³/mol. The van der Waals surface area contributed by atoms with Crippen molar-refractivity contribution in [1.29, 1.82) is 0 Å². The van der Waals surface area contributed by atoms with E-state index < -0.39 is 33.1 Å². The summed E-state index contributed by atoms with van der Waals surface area (Å²) in [6, 6.07) is 16.5. The van der Waals surface area contributed by atoms with E-state index in [-0.39, 0.29) is 11.3 Å². The van der Waals surface area contributed by atoms with Crippen molar-refractivity contribution >= 4 is 37.0 Å². The van der Waals surface area contributed by atoms with Gasteiger partial charge in [-0.15, -0.1) is 11.3 Å². The third-order valence-electron chi connectivity index (χ3n) is 6.97. The molecule has 2 aromatic carbocycles. The molecule has 0 radical (unpaired) electrons. The van der Waals surface area contributed by atoms with Crippen molar-refractivity contribution in [2.75, 3.05) is 0 Å². The first-order valence-electron chi connectivity index (χ1n) is 12.3. The van der Waals surface area contributed by atoms with Crippen LogP contribution in [-0.4, -0.2) is 29.9 Å². The SMILES string of the molecule is C=C(C)c1ccccc1C(NS(=O)(=O)C1CC1)c1cc2cccc(-c3cc(C(C)(O)C(F)(F)F)ccn3)c2s1. The van der Waals surface area contributed by atoms with Crippen LogP contribution in [0.2, 0.25) is 0 Å². The van der Waals surface area contributed by atoms with Crippen molar-refractivity contribution in [2.24, 2.45) is 0 Å². The van der Waals surface area contributed by atoms with E-state index in [1.807, 2.05) is 43.3 Å². The fourth-order valence-corrected chi connectivity index (χ4v) is 7.38. The van der Waals surface area contributed by atoms with Crippen LogP contribution in [0.15, 0.2) is 73.4 Å². The molecule has 39 heavy (non-hydrogen) atoms. The summed E-state index contributed by atoms with van der Waals surface area (Å²) in [4.78, 5) is 5.03. The summed E-state index contributed by atoms with van der Waals surface area (Å²) < 4.78 is 70.4. The standard InChI is InChI=1S/C29H27F3N2O3S2/c1-17(2)21-8-4-5-9-22(21)26(34-39(36,37)20-11-12-20)25-15-18-7-6-10-23(27(18)38-25)24-16-19(13-14-33-24)28(3,35)29(30,31)32/h4-10,13-16,20,26,34-35H,1,11-12H2,2-3H3. The average molecular weight is 573 g/mol. The fourth-order valence-electron chi connectivity index (χ4n) is 4.52. The van der Waals surface area contributed by atoms with Crippen molar-refractivity contribution in [3.8, 4) is 11.3 Å². The Bertz CT molecular complexity index is 1670. The Labute approximate surface area is 229 Å². The monoisotopic (exact) mass is 572 g/mol. The van der Waals surface area contributed by atoms with Crippen molar-refractivity contribution in [3.63, 3.8) is 0 Å². The van der Waals surface area contributed by atoms with Gasteiger partial charge < -0.3 is 5.11 Å². The molecule has 0 aliphatic heterocycles. The maximum absolute atomic E-state index is 13.5. The number of thiophene rings is 1. The third-order valence-corrected chi connectivity index (χ3v) is 10.1. The number of halogens is 3. The molecule has 0 spiro atoms. The third kappa shape index (κ3) is 5.26. The van der Waals surface area contributed by atoms with Gasteiger partial charge in [0, 0.05) is 21.3 Å². The lowest BCUT2D eigenvalue weighted by molar-refractivity contribution is -0.258. The molecular formula is C29H27F3N2O3S2. The van der Waals surface area contributed by atoms with Crippen LogP contribution < -0.4 is 4.72 Å². The number of benzene rings is 2. The minimum atomic E-state index is -4.86. The Balaban J connectivity index is 1.65. The van der Waals surface area contributed by atoms with Gasteiger partial charge in [0.15, 0.2) is 5.60 Å². The second-order valence-electron chi connectivity index (χ2n) is 10.0. The second-order valence-corrected chi connectivity index (χ2v) is 13.1. The number of rotatable bonds is 8. The largest absolute Gasteiger partial charge is 0.421 e. The highest BCUT2D eigenvalue weighted by Crippen LogP contribution is 2.43. The molecule has 1 saturated carbocycles. The maximum atomic E-state index is 13.5. The zero-order valence-corrected chi connectivity index (χ0v) is 22.9. The topological polar surface area (TPSA) is 79.3 Å². The molecule has 4 aromatic rings. The summed E-state index contributed by atoms with van der Waals surface area (Å²) in [6.45, 7) is 6.64. The lowest BCUT2D eigenvalue weighted by Crippen LogP contribution is -2.39. The van der Waals surface area contributed by atoms with Gasteiger partial charge in [-0.1, -0.05) is 54.6 Å². The average Bonchev–Trinajstić information content (AvgIpc) is 3.66. The molecule has 204 valence electrons. The van der Waals surface area contributed by atoms with Crippen LogP contribution in [0.5, 0.6) is 0 Å². The van der Waals surface area contributed by atoms with Crippen LogP contribution in [0.4, 0.5) is 13.2 Å². The number of aliphatic hydroxyl groups is 1.